The summed E-state index contributed by atoms with van der Waals surface area (Å²) in [5, 5.41) is 0.865. The van der Waals surface area contributed by atoms with E-state index < -0.39 is 10.0 Å². The van der Waals surface area contributed by atoms with Gasteiger partial charge in [-0.1, -0.05) is 35.4 Å². The first kappa shape index (κ1) is 21.0. The maximum atomic E-state index is 13.5. The van der Waals surface area contributed by atoms with Gasteiger partial charge in [0.1, 0.15) is 0 Å². The van der Waals surface area contributed by atoms with Gasteiger partial charge in [0, 0.05) is 36.6 Å². The number of hydrogen-bond donors (Lipinski definition) is 1. The highest BCUT2D eigenvalue weighted by Crippen LogP contribution is 2.22. The van der Waals surface area contributed by atoms with Gasteiger partial charge in [-0.3, -0.25) is 9.78 Å². The van der Waals surface area contributed by atoms with Crippen molar-refractivity contribution in [3.8, 4) is 0 Å². The first-order valence-electron chi connectivity index (χ1n) is 9.91. The molecule has 2 heterocycles. The van der Waals surface area contributed by atoms with Crippen molar-refractivity contribution in [1.29, 1.82) is 0 Å². The van der Waals surface area contributed by atoms with Crippen LogP contribution in [0, 0.1) is 13.8 Å². The molecule has 7 heteroatoms. The van der Waals surface area contributed by atoms with Crippen molar-refractivity contribution in [1.82, 2.24) is 14.3 Å². The van der Waals surface area contributed by atoms with Crippen LogP contribution in [0.3, 0.4) is 0 Å². The van der Waals surface area contributed by atoms with Crippen LogP contribution in [0.4, 0.5) is 0 Å². The van der Waals surface area contributed by atoms with Crippen LogP contribution in [0.5, 0.6) is 0 Å². The molecule has 31 heavy (non-hydrogen) atoms. The van der Waals surface area contributed by atoms with Gasteiger partial charge >= 0.3 is 0 Å². The fourth-order valence-corrected chi connectivity index (χ4v) is 4.87. The number of rotatable bonds is 6. The Morgan fingerprint density at radius 3 is 2.39 bits per heavy atom. The number of benzene rings is 2. The second-order valence-corrected chi connectivity index (χ2v) is 9.60. The number of H-pyrrole nitrogens is 1. The van der Waals surface area contributed by atoms with E-state index in [-0.39, 0.29) is 23.5 Å². The molecule has 4 rings (SSSR count). The highest BCUT2D eigenvalue weighted by atomic mass is 32.2. The van der Waals surface area contributed by atoms with Crippen LogP contribution in [-0.2, 0) is 23.1 Å². The van der Waals surface area contributed by atoms with Crippen molar-refractivity contribution >= 4 is 20.9 Å². The molecule has 0 unspecified atom stereocenters. The molecule has 2 aromatic heterocycles. The molecule has 0 radical (unpaired) electrons. The Morgan fingerprint density at radius 2 is 1.68 bits per heavy atom. The van der Waals surface area contributed by atoms with Gasteiger partial charge in [-0.15, -0.1) is 0 Å². The summed E-state index contributed by atoms with van der Waals surface area (Å²) in [5.74, 6) is 0. The Balaban J connectivity index is 1.77. The molecule has 4 aromatic rings. The lowest BCUT2D eigenvalue weighted by atomic mass is 10.1. The first-order valence-corrected chi connectivity index (χ1v) is 11.4. The average Bonchev–Trinajstić information content (AvgIpc) is 2.75. The zero-order chi connectivity index (χ0) is 22.0. The van der Waals surface area contributed by atoms with Gasteiger partial charge in [0.15, 0.2) is 0 Å². The number of nitrogens with one attached hydrogen (secondary N) is 1. The highest BCUT2D eigenvalue weighted by Gasteiger charge is 2.26. The molecule has 0 atom stereocenters. The summed E-state index contributed by atoms with van der Waals surface area (Å²) in [7, 11) is -3.84. The van der Waals surface area contributed by atoms with Crippen LogP contribution in [0.2, 0.25) is 0 Å². The minimum absolute atomic E-state index is 0.0513. The van der Waals surface area contributed by atoms with Crippen LogP contribution in [0.1, 0.15) is 22.3 Å². The Labute approximate surface area is 181 Å². The summed E-state index contributed by atoms with van der Waals surface area (Å²) in [6, 6.07) is 17.8. The summed E-state index contributed by atoms with van der Waals surface area (Å²) in [6.45, 7) is 3.93. The minimum atomic E-state index is -3.84. The third-order valence-corrected chi connectivity index (χ3v) is 6.97. The molecule has 0 saturated carbocycles. The van der Waals surface area contributed by atoms with Gasteiger partial charge in [0.25, 0.3) is 5.56 Å². The summed E-state index contributed by atoms with van der Waals surface area (Å²) in [4.78, 5) is 19.9. The number of pyridine rings is 2. The van der Waals surface area contributed by atoms with E-state index in [2.05, 4.69) is 9.97 Å². The molecule has 0 aliphatic heterocycles. The summed E-state index contributed by atoms with van der Waals surface area (Å²) >= 11 is 0. The Morgan fingerprint density at radius 1 is 0.935 bits per heavy atom. The number of fused-ring (bicyclic) bond motifs is 1. The van der Waals surface area contributed by atoms with E-state index in [0.717, 1.165) is 27.6 Å². The number of aromatic amines is 1. The quantitative estimate of drug-likeness (QED) is 0.499. The molecule has 0 aliphatic rings. The molecule has 1 N–H and O–H groups in total. The molecule has 6 nitrogen and oxygen atoms in total. The van der Waals surface area contributed by atoms with E-state index >= 15 is 0 Å². The van der Waals surface area contributed by atoms with Crippen molar-refractivity contribution in [3.05, 3.63) is 106 Å². The third kappa shape index (κ3) is 4.57. The molecule has 0 amide bonds. The Bertz CT molecular complexity index is 1380. The first-order chi connectivity index (χ1) is 14.8. The van der Waals surface area contributed by atoms with Crippen LogP contribution in [-0.4, -0.2) is 22.7 Å². The highest BCUT2D eigenvalue weighted by molar-refractivity contribution is 7.89. The maximum absolute atomic E-state index is 13.5. The van der Waals surface area contributed by atoms with Crippen LogP contribution >= 0.6 is 0 Å². The van der Waals surface area contributed by atoms with Crippen molar-refractivity contribution in [2.45, 2.75) is 31.8 Å². The number of hydrogen-bond acceptors (Lipinski definition) is 4. The van der Waals surface area contributed by atoms with Crippen molar-refractivity contribution in [2.75, 3.05) is 0 Å². The number of aromatic nitrogens is 2. The molecular formula is C24H23N3O3S. The zero-order valence-corrected chi connectivity index (χ0v) is 18.2. The topological polar surface area (TPSA) is 83.1 Å². The van der Waals surface area contributed by atoms with Crippen molar-refractivity contribution in [3.63, 3.8) is 0 Å². The van der Waals surface area contributed by atoms with E-state index in [4.69, 9.17) is 0 Å². The molecule has 0 bridgehead atoms. The fourth-order valence-electron chi connectivity index (χ4n) is 3.46. The normalized spacial score (nSPS) is 11.8. The number of sulfonamides is 1. The summed E-state index contributed by atoms with van der Waals surface area (Å²) in [5.41, 5.74) is 3.58. The molecule has 0 spiro atoms. The van der Waals surface area contributed by atoms with Gasteiger partial charge < -0.3 is 4.98 Å². The van der Waals surface area contributed by atoms with Gasteiger partial charge in [0.2, 0.25) is 10.0 Å². The van der Waals surface area contributed by atoms with Crippen molar-refractivity contribution in [2.24, 2.45) is 0 Å². The number of nitrogens with zero attached hydrogens (tertiary/aromatic N) is 2. The van der Waals surface area contributed by atoms with E-state index in [1.165, 1.54) is 4.31 Å². The van der Waals surface area contributed by atoms with Crippen LogP contribution in [0.15, 0.2) is 82.7 Å². The standard InChI is InChI=1S/C24H23N3O3S/c1-17-5-8-22(9-6-17)31(29,30)27(15-19-4-3-11-25-14-19)16-21-13-20-12-18(2)7-10-23(20)26-24(21)28/h3-14H,15-16H2,1-2H3,(H,26,28). The lowest BCUT2D eigenvalue weighted by molar-refractivity contribution is 0.399. The molecule has 0 saturated heterocycles. The Kier molecular flexibility index (Phi) is 5.71. The van der Waals surface area contributed by atoms with E-state index in [0.29, 0.717) is 5.56 Å². The summed E-state index contributed by atoms with van der Waals surface area (Å²) in [6.07, 6.45) is 3.27. The lowest BCUT2D eigenvalue weighted by Gasteiger charge is -2.22. The van der Waals surface area contributed by atoms with Gasteiger partial charge in [-0.2, -0.15) is 4.31 Å². The van der Waals surface area contributed by atoms with Crippen LogP contribution in [0.25, 0.3) is 10.9 Å². The molecule has 2 aromatic carbocycles. The molecular weight excluding hydrogens is 410 g/mol. The smallest absolute Gasteiger partial charge is 0.252 e. The maximum Gasteiger partial charge on any atom is 0.252 e. The van der Waals surface area contributed by atoms with Gasteiger partial charge in [-0.25, -0.2) is 8.42 Å². The van der Waals surface area contributed by atoms with E-state index in [1.807, 2.05) is 38.1 Å². The van der Waals surface area contributed by atoms with Gasteiger partial charge in [0.05, 0.1) is 4.90 Å². The SMILES string of the molecule is Cc1ccc(S(=O)(=O)N(Cc2cccnc2)Cc2cc3cc(C)ccc3[nH]c2=O)cc1. The predicted octanol–water partition coefficient (Wildman–Crippen LogP) is 3.93. The largest absolute Gasteiger partial charge is 0.322 e. The average molecular weight is 434 g/mol. The predicted molar refractivity (Wildman–Crippen MR) is 121 cm³/mol. The van der Waals surface area contributed by atoms with Crippen LogP contribution < -0.4 is 5.56 Å². The summed E-state index contributed by atoms with van der Waals surface area (Å²) < 4.78 is 28.3. The molecule has 0 fully saturated rings. The minimum Gasteiger partial charge on any atom is -0.322 e. The number of aryl methyl sites for hydroxylation is 2. The van der Waals surface area contributed by atoms with Crippen molar-refractivity contribution < 1.29 is 8.42 Å². The van der Waals surface area contributed by atoms with Gasteiger partial charge in [-0.05, 0) is 61.2 Å². The fraction of sp³-hybridized carbons (Fsp3) is 0.167. The second kappa shape index (κ2) is 8.45. The second-order valence-electron chi connectivity index (χ2n) is 7.66. The monoisotopic (exact) mass is 433 g/mol. The Hall–Kier alpha value is -3.29. The lowest BCUT2D eigenvalue weighted by Crippen LogP contribution is -2.32. The zero-order valence-electron chi connectivity index (χ0n) is 17.4. The third-order valence-electron chi connectivity index (χ3n) is 5.16. The van der Waals surface area contributed by atoms with E-state index in [1.54, 1.807) is 48.8 Å². The molecule has 158 valence electrons. The molecule has 0 aliphatic carbocycles. The van der Waals surface area contributed by atoms with E-state index in [9.17, 15) is 13.2 Å².